The largest absolute Gasteiger partial charge is 0.469 e. The van der Waals surface area contributed by atoms with E-state index >= 15 is 0 Å². The van der Waals surface area contributed by atoms with E-state index in [1.807, 2.05) is 0 Å². The summed E-state index contributed by atoms with van der Waals surface area (Å²) in [7, 11) is 2.55. The zero-order valence-electron chi connectivity index (χ0n) is 9.01. The fourth-order valence-corrected chi connectivity index (χ4v) is 2.29. The minimum atomic E-state index is -0.640. The fraction of sp³-hybridized carbons (Fsp3) is 0.700. The maximum Gasteiger partial charge on any atom is 0.312 e. The van der Waals surface area contributed by atoms with Crippen molar-refractivity contribution < 1.29 is 23.8 Å². The van der Waals surface area contributed by atoms with E-state index < -0.39 is 30.1 Å². The molecule has 6 heteroatoms. The number of rotatable bonds is 3. The summed E-state index contributed by atoms with van der Waals surface area (Å²) in [5.41, 5.74) is 0. The normalized spacial score (nSPS) is 33.5. The third-order valence-corrected chi connectivity index (χ3v) is 3.55. The van der Waals surface area contributed by atoms with Gasteiger partial charge < -0.3 is 14.2 Å². The topological polar surface area (TPSA) is 61.8 Å². The predicted octanol–water partition coefficient (Wildman–Crippen LogP) is 0.581. The van der Waals surface area contributed by atoms with Crippen molar-refractivity contribution in [3.8, 4) is 0 Å². The third kappa shape index (κ3) is 2.74. The lowest BCUT2D eigenvalue weighted by Gasteiger charge is -2.16. The monoisotopic (exact) mass is 292 g/mol. The number of alkyl halides is 1. The van der Waals surface area contributed by atoms with Crippen LogP contribution in [0.3, 0.4) is 0 Å². The average molecular weight is 293 g/mol. The van der Waals surface area contributed by atoms with E-state index in [0.29, 0.717) is 0 Å². The van der Waals surface area contributed by atoms with E-state index in [-0.39, 0.29) is 11.2 Å². The quantitative estimate of drug-likeness (QED) is 0.562. The van der Waals surface area contributed by atoms with E-state index in [1.54, 1.807) is 0 Å². The molecular weight excluding hydrogens is 280 g/mol. The Balaban J connectivity index is 2.74. The van der Waals surface area contributed by atoms with Gasteiger partial charge in [0.15, 0.2) is 0 Å². The molecule has 1 unspecified atom stereocenters. The average Bonchev–Trinajstić information content (AvgIpc) is 2.53. The first kappa shape index (κ1) is 13.4. The molecule has 1 aliphatic rings. The maximum absolute atomic E-state index is 11.5. The number of carbonyl (C=O) groups excluding carboxylic acids is 2. The zero-order chi connectivity index (χ0) is 12.3. The van der Waals surface area contributed by atoms with Crippen LogP contribution in [0.15, 0.2) is 0 Å². The molecule has 0 bridgehead atoms. The van der Waals surface area contributed by atoms with Crippen LogP contribution in [-0.2, 0) is 23.8 Å². The molecular formula is C10H13BrO5. The number of carbonyl (C=O) groups is 2. The van der Waals surface area contributed by atoms with Gasteiger partial charge in [0, 0.05) is 0 Å². The minimum absolute atomic E-state index is 0.0218. The van der Waals surface area contributed by atoms with E-state index in [9.17, 15) is 9.59 Å². The Kier molecular flexibility index (Phi) is 4.73. The van der Waals surface area contributed by atoms with Crippen molar-refractivity contribution in [2.45, 2.75) is 23.5 Å². The van der Waals surface area contributed by atoms with Crippen LogP contribution in [0.1, 0.15) is 6.42 Å². The molecule has 0 saturated carbocycles. The van der Waals surface area contributed by atoms with Gasteiger partial charge in [0.2, 0.25) is 0 Å². The fourth-order valence-electron chi connectivity index (χ4n) is 1.61. The molecule has 1 heterocycles. The summed E-state index contributed by atoms with van der Waals surface area (Å²) in [4.78, 5) is 22.3. The SMILES string of the molecule is [CH][C@@H]1O[C@H](CC(=O)OC)[C@H](C(=O)OC)C1Br. The number of methoxy groups -OCH3 is 2. The Morgan fingerprint density at radius 2 is 2.00 bits per heavy atom. The Bertz CT molecular complexity index is 280. The number of hydrogen-bond donors (Lipinski definition) is 0. The minimum Gasteiger partial charge on any atom is -0.469 e. The summed E-state index contributed by atoms with van der Waals surface area (Å²) in [6, 6.07) is 0. The first-order chi connectivity index (χ1) is 7.51. The van der Waals surface area contributed by atoms with Crippen LogP contribution in [0.4, 0.5) is 0 Å². The van der Waals surface area contributed by atoms with Crippen molar-refractivity contribution in [2.75, 3.05) is 14.2 Å². The molecule has 5 nitrogen and oxygen atoms in total. The maximum atomic E-state index is 11.5. The molecule has 16 heavy (non-hydrogen) atoms. The van der Waals surface area contributed by atoms with E-state index in [1.165, 1.54) is 14.2 Å². The first-order valence-corrected chi connectivity index (χ1v) is 5.62. The van der Waals surface area contributed by atoms with Gasteiger partial charge in [-0.15, -0.1) is 0 Å². The summed E-state index contributed by atoms with van der Waals surface area (Å²) in [6.07, 6.45) is -1.27. The number of halogens is 1. The highest BCUT2D eigenvalue weighted by Gasteiger charge is 2.46. The van der Waals surface area contributed by atoms with Gasteiger partial charge >= 0.3 is 11.9 Å². The molecule has 1 aliphatic heterocycles. The molecule has 1 saturated heterocycles. The highest BCUT2D eigenvalue weighted by Crippen LogP contribution is 2.34. The first-order valence-electron chi connectivity index (χ1n) is 4.71. The second-order valence-electron chi connectivity index (χ2n) is 3.41. The summed E-state index contributed by atoms with van der Waals surface area (Å²) in [6.45, 7) is 5.64. The lowest BCUT2D eigenvalue weighted by Crippen LogP contribution is -2.32. The number of hydrogen-bond acceptors (Lipinski definition) is 5. The molecule has 2 radical (unpaired) electrons. The molecule has 0 aliphatic carbocycles. The lowest BCUT2D eigenvalue weighted by molar-refractivity contribution is -0.150. The second-order valence-corrected chi connectivity index (χ2v) is 4.47. The second kappa shape index (κ2) is 5.63. The van der Waals surface area contributed by atoms with Crippen molar-refractivity contribution >= 4 is 27.9 Å². The smallest absolute Gasteiger partial charge is 0.312 e. The summed E-state index contributed by atoms with van der Waals surface area (Å²) in [5, 5.41) is 0. The summed E-state index contributed by atoms with van der Waals surface area (Å²) >= 11 is 3.26. The van der Waals surface area contributed by atoms with Crippen molar-refractivity contribution in [1.82, 2.24) is 0 Å². The zero-order valence-corrected chi connectivity index (χ0v) is 10.6. The lowest BCUT2D eigenvalue weighted by atomic mass is 9.97. The Labute approximate surface area is 103 Å². The van der Waals surface area contributed by atoms with Crippen molar-refractivity contribution in [3.63, 3.8) is 0 Å². The standard InChI is InChI=1S/C10H13BrO5/c1-5-9(11)8(10(13)15-3)6(16-5)4-7(12)14-2/h1,5-6,8-9H,4H2,2-3H3/t5-,6+,8-,9?/m0/s1. The van der Waals surface area contributed by atoms with Gasteiger partial charge in [0.1, 0.15) is 0 Å². The van der Waals surface area contributed by atoms with E-state index in [0.717, 1.165) is 0 Å². The third-order valence-electron chi connectivity index (χ3n) is 2.46. The van der Waals surface area contributed by atoms with Crippen LogP contribution in [0.25, 0.3) is 0 Å². The van der Waals surface area contributed by atoms with Crippen LogP contribution in [-0.4, -0.2) is 43.2 Å². The summed E-state index contributed by atoms with van der Waals surface area (Å²) < 4.78 is 14.5. The van der Waals surface area contributed by atoms with Gasteiger partial charge in [-0.2, -0.15) is 0 Å². The Morgan fingerprint density at radius 1 is 1.38 bits per heavy atom. The van der Waals surface area contributed by atoms with Crippen molar-refractivity contribution in [2.24, 2.45) is 5.92 Å². The summed E-state index contributed by atoms with van der Waals surface area (Å²) in [5.74, 6) is -1.50. The molecule has 90 valence electrons. The van der Waals surface area contributed by atoms with E-state index in [4.69, 9.17) is 11.7 Å². The molecule has 0 spiro atoms. The molecule has 0 aromatic rings. The van der Waals surface area contributed by atoms with Crippen molar-refractivity contribution in [1.29, 1.82) is 0 Å². The molecule has 0 aromatic heterocycles. The van der Waals surface area contributed by atoms with Gasteiger partial charge in [-0.05, 0) is 6.92 Å². The number of esters is 2. The van der Waals surface area contributed by atoms with Crippen LogP contribution >= 0.6 is 15.9 Å². The molecule has 0 N–H and O–H groups in total. The van der Waals surface area contributed by atoms with Crippen LogP contribution in [0, 0.1) is 12.8 Å². The molecule has 0 aromatic carbocycles. The van der Waals surface area contributed by atoms with Gasteiger partial charge in [-0.1, -0.05) is 15.9 Å². The van der Waals surface area contributed by atoms with Crippen molar-refractivity contribution in [3.05, 3.63) is 6.92 Å². The van der Waals surface area contributed by atoms with Gasteiger partial charge in [0.25, 0.3) is 0 Å². The Hall–Kier alpha value is -0.620. The molecule has 1 rings (SSSR count). The van der Waals surface area contributed by atoms with Crippen LogP contribution in [0.2, 0.25) is 0 Å². The molecule has 0 amide bonds. The van der Waals surface area contributed by atoms with Crippen LogP contribution in [0.5, 0.6) is 0 Å². The van der Waals surface area contributed by atoms with E-state index in [2.05, 4.69) is 25.4 Å². The molecule has 1 fully saturated rings. The highest BCUT2D eigenvalue weighted by atomic mass is 79.9. The van der Waals surface area contributed by atoms with Gasteiger partial charge in [-0.25, -0.2) is 0 Å². The molecule has 4 atom stereocenters. The predicted molar refractivity (Wildman–Crippen MR) is 57.8 cm³/mol. The van der Waals surface area contributed by atoms with Crippen LogP contribution < -0.4 is 0 Å². The highest BCUT2D eigenvalue weighted by molar-refractivity contribution is 9.09. The van der Waals surface area contributed by atoms with Gasteiger partial charge in [0.05, 0.1) is 43.6 Å². The Morgan fingerprint density at radius 3 is 2.50 bits per heavy atom. The van der Waals surface area contributed by atoms with Gasteiger partial charge in [-0.3, -0.25) is 9.59 Å². The number of ether oxygens (including phenoxy) is 3.